The lowest BCUT2D eigenvalue weighted by Crippen LogP contribution is -2.38. The molecule has 0 saturated carbocycles. The van der Waals surface area contributed by atoms with Gasteiger partial charge in [-0.1, -0.05) is 60.7 Å². The van der Waals surface area contributed by atoms with Gasteiger partial charge in [-0.05, 0) is 25.0 Å². The van der Waals surface area contributed by atoms with E-state index in [0.29, 0.717) is 11.1 Å². The van der Waals surface area contributed by atoms with Crippen molar-refractivity contribution in [1.82, 2.24) is 0 Å². The Hall–Kier alpha value is -2.95. The van der Waals surface area contributed by atoms with Crippen molar-refractivity contribution in [2.24, 2.45) is 5.92 Å². The zero-order valence-electron chi connectivity index (χ0n) is 14.9. The molecule has 5 nitrogen and oxygen atoms in total. The second kappa shape index (κ2) is 9.51. The third kappa shape index (κ3) is 4.57. The molecular weight excluding hydrogens is 332 g/mol. The molecule has 26 heavy (non-hydrogen) atoms. The lowest BCUT2D eigenvalue weighted by atomic mass is 9.82. The van der Waals surface area contributed by atoms with Crippen molar-refractivity contribution in [3.8, 4) is 0 Å². The fourth-order valence-corrected chi connectivity index (χ4v) is 2.76. The zero-order valence-corrected chi connectivity index (χ0v) is 14.9. The molecule has 0 saturated heterocycles. The van der Waals surface area contributed by atoms with E-state index >= 15 is 0 Å². The maximum atomic E-state index is 13.3. The van der Waals surface area contributed by atoms with Gasteiger partial charge in [0.25, 0.3) is 0 Å². The number of ether oxygens (including phenoxy) is 2. The summed E-state index contributed by atoms with van der Waals surface area (Å²) in [5, 5.41) is 0. The summed E-state index contributed by atoms with van der Waals surface area (Å²) in [6, 6.07) is 18.1. The van der Waals surface area contributed by atoms with E-state index in [1.807, 2.05) is 36.4 Å². The van der Waals surface area contributed by atoms with Crippen LogP contribution in [0.25, 0.3) is 0 Å². The van der Waals surface area contributed by atoms with Gasteiger partial charge < -0.3 is 9.47 Å². The van der Waals surface area contributed by atoms with Gasteiger partial charge in [0.1, 0.15) is 0 Å². The molecule has 5 heteroatoms. The molecule has 0 bridgehead atoms. The van der Waals surface area contributed by atoms with E-state index in [1.54, 1.807) is 38.1 Å². The minimum atomic E-state index is -1.61. The first-order valence-corrected chi connectivity index (χ1v) is 8.57. The van der Waals surface area contributed by atoms with Crippen LogP contribution in [0.15, 0.2) is 60.7 Å². The number of Topliss-reactive ketones (excluding diaryl/α,β-unsaturated/α-hetero) is 1. The lowest BCUT2D eigenvalue weighted by molar-refractivity contribution is -0.164. The van der Waals surface area contributed by atoms with Crippen LogP contribution in [0, 0.1) is 5.92 Å². The van der Waals surface area contributed by atoms with Gasteiger partial charge in [0.15, 0.2) is 5.78 Å². The standard InChI is InChI=1S/C21H22O5/c1-3-25-20(23)18(21(24)26-4-2)19(22)17(15-11-7-5-8-12-15)16-13-9-6-10-14-16/h5-14,17-18H,3-4H2,1-2H3. The summed E-state index contributed by atoms with van der Waals surface area (Å²) in [7, 11) is 0. The van der Waals surface area contributed by atoms with Crippen LogP contribution in [0.5, 0.6) is 0 Å². The van der Waals surface area contributed by atoms with E-state index in [0.717, 1.165) is 0 Å². The Morgan fingerprint density at radius 1 is 0.731 bits per heavy atom. The number of esters is 2. The first-order chi connectivity index (χ1) is 12.6. The summed E-state index contributed by atoms with van der Waals surface area (Å²) in [5.74, 6) is -4.70. The van der Waals surface area contributed by atoms with Crippen LogP contribution in [0.2, 0.25) is 0 Å². The molecule has 0 aromatic heterocycles. The van der Waals surface area contributed by atoms with Gasteiger partial charge in [-0.3, -0.25) is 14.4 Å². The van der Waals surface area contributed by atoms with Crippen LogP contribution in [0.1, 0.15) is 30.9 Å². The van der Waals surface area contributed by atoms with Crippen molar-refractivity contribution in [3.05, 3.63) is 71.8 Å². The summed E-state index contributed by atoms with van der Waals surface area (Å²) in [6.45, 7) is 3.39. The Labute approximate surface area is 152 Å². The summed E-state index contributed by atoms with van der Waals surface area (Å²) < 4.78 is 9.91. The van der Waals surface area contributed by atoms with Crippen molar-refractivity contribution in [2.45, 2.75) is 19.8 Å². The molecular formula is C21H22O5. The molecule has 0 spiro atoms. The lowest BCUT2D eigenvalue weighted by Gasteiger charge is -2.21. The van der Waals surface area contributed by atoms with Crippen molar-refractivity contribution in [3.63, 3.8) is 0 Å². The molecule has 0 N–H and O–H groups in total. The molecule has 2 aromatic rings. The largest absolute Gasteiger partial charge is 0.465 e. The van der Waals surface area contributed by atoms with Gasteiger partial charge in [0.2, 0.25) is 5.92 Å². The molecule has 0 amide bonds. The second-order valence-electron chi connectivity index (χ2n) is 5.59. The smallest absolute Gasteiger partial charge is 0.328 e. The topological polar surface area (TPSA) is 69.7 Å². The number of carbonyl (C=O) groups excluding carboxylic acids is 3. The van der Waals surface area contributed by atoms with Crippen molar-refractivity contribution < 1.29 is 23.9 Å². The highest BCUT2D eigenvalue weighted by Gasteiger charge is 2.41. The monoisotopic (exact) mass is 354 g/mol. The fraction of sp³-hybridized carbons (Fsp3) is 0.286. The Balaban J connectivity index is 2.48. The third-order valence-electron chi connectivity index (χ3n) is 3.88. The average Bonchev–Trinajstić information content (AvgIpc) is 2.64. The van der Waals surface area contributed by atoms with Gasteiger partial charge in [0, 0.05) is 0 Å². The van der Waals surface area contributed by atoms with E-state index in [1.165, 1.54) is 0 Å². The van der Waals surface area contributed by atoms with Crippen LogP contribution in [0.4, 0.5) is 0 Å². The maximum absolute atomic E-state index is 13.3. The summed E-state index contributed by atoms with van der Waals surface area (Å²) in [6.07, 6.45) is 0. The molecule has 0 aliphatic rings. The maximum Gasteiger partial charge on any atom is 0.328 e. The Morgan fingerprint density at radius 3 is 1.46 bits per heavy atom. The first kappa shape index (κ1) is 19.4. The summed E-state index contributed by atoms with van der Waals surface area (Å²) in [4.78, 5) is 37.9. The molecule has 0 heterocycles. The number of hydrogen-bond donors (Lipinski definition) is 0. The van der Waals surface area contributed by atoms with Crippen molar-refractivity contribution >= 4 is 17.7 Å². The normalized spacial score (nSPS) is 10.6. The molecule has 136 valence electrons. The van der Waals surface area contributed by atoms with E-state index in [9.17, 15) is 14.4 Å². The number of ketones is 1. The minimum absolute atomic E-state index is 0.0728. The average molecular weight is 354 g/mol. The number of carbonyl (C=O) groups is 3. The summed E-state index contributed by atoms with van der Waals surface area (Å²) in [5.41, 5.74) is 1.39. The minimum Gasteiger partial charge on any atom is -0.465 e. The highest BCUT2D eigenvalue weighted by Crippen LogP contribution is 2.29. The van der Waals surface area contributed by atoms with Crippen LogP contribution in [0.3, 0.4) is 0 Å². The molecule has 0 unspecified atom stereocenters. The SMILES string of the molecule is CCOC(=O)C(C(=O)OCC)C(=O)C(c1ccccc1)c1ccccc1. The van der Waals surface area contributed by atoms with Gasteiger partial charge in [0.05, 0.1) is 19.1 Å². The molecule has 0 aliphatic heterocycles. The molecule has 0 aliphatic carbocycles. The highest BCUT2D eigenvalue weighted by atomic mass is 16.6. The van der Waals surface area contributed by atoms with Crippen LogP contribution < -0.4 is 0 Å². The molecule has 2 rings (SSSR count). The fourth-order valence-electron chi connectivity index (χ4n) is 2.76. The van der Waals surface area contributed by atoms with E-state index in [4.69, 9.17) is 9.47 Å². The highest BCUT2D eigenvalue weighted by molar-refractivity contribution is 6.17. The number of hydrogen-bond acceptors (Lipinski definition) is 5. The second-order valence-corrected chi connectivity index (χ2v) is 5.59. The van der Waals surface area contributed by atoms with Crippen molar-refractivity contribution in [1.29, 1.82) is 0 Å². The van der Waals surface area contributed by atoms with Crippen LogP contribution >= 0.6 is 0 Å². The Kier molecular flexibility index (Phi) is 7.09. The van der Waals surface area contributed by atoms with E-state index in [-0.39, 0.29) is 13.2 Å². The van der Waals surface area contributed by atoms with Gasteiger partial charge in [-0.15, -0.1) is 0 Å². The molecule has 2 aromatic carbocycles. The van der Waals surface area contributed by atoms with Crippen LogP contribution in [-0.4, -0.2) is 30.9 Å². The number of rotatable bonds is 8. The predicted octanol–water partition coefficient (Wildman–Crippen LogP) is 3.13. The van der Waals surface area contributed by atoms with Gasteiger partial charge in [-0.2, -0.15) is 0 Å². The Bertz CT molecular complexity index is 682. The zero-order chi connectivity index (χ0) is 18.9. The first-order valence-electron chi connectivity index (χ1n) is 8.57. The quantitative estimate of drug-likeness (QED) is 0.538. The third-order valence-corrected chi connectivity index (χ3v) is 3.88. The van der Waals surface area contributed by atoms with Gasteiger partial charge >= 0.3 is 11.9 Å². The summed E-state index contributed by atoms with van der Waals surface area (Å²) >= 11 is 0. The van der Waals surface area contributed by atoms with E-state index in [2.05, 4.69) is 0 Å². The molecule has 0 atom stereocenters. The molecule has 0 fully saturated rings. The van der Waals surface area contributed by atoms with Crippen LogP contribution in [-0.2, 0) is 23.9 Å². The van der Waals surface area contributed by atoms with Crippen molar-refractivity contribution in [2.75, 3.05) is 13.2 Å². The predicted molar refractivity (Wildman–Crippen MR) is 96.5 cm³/mol. The molecule has 0 radical (unpaired) electrons. The Morgan fingerprint density at radius 2 is 1.12 bits per heavy atom. The van der Waals surface area contributed by atoms with E-state index < -0.39 is 29.6 Å². The number of benzene rings is 2. The van der Waals surface area contributed by atoms with Gasteiger partial charge in [-0.25, -0.2) is 0 Å².